The molecule has 1 aliphatic carbocycles. The molecular formula is C31H33N3O4. The number of aromatic nitrogens is 1. The molecule has 2 amide bonds. The molecule has 2 aliphatic rings. The van der Waals surface area contributed by atoms with E-state index < -0.39 is 11.6 Å². The third kappa shape index (κ3) is 4.46. The summed E-state index contributed by atoms with van der Waals surface area (Å²) in [5.41, 5.74) is 2.03. The normalized spacial score (nSPS) is 23.4. The second-order valence-electron chi connectivity index (χ2n) is 10.3. The van der Waals surface area contributed by atoms with Gasteiger partial charge < -0.3 is 25.1 Å². The summed E-state index contributed by atoms with van der Waals surface area (Å²) in [5.74, 6) is -0.484. The number of ether oxygens (including phenoxy) is 2. The highest BCUT2D eigenvalue weighted by Crippen LogP contribution is 2.45. The molecule has 4 aromatic rings. The van der Waals surface area contributed by atoms with Crippen LogP contribution >= 0.6 is 0 Å². The average Bonchev–Trinajstić information content (AvgIpc) is 3.61. The Kier molecular flexibility index (Phi) is 6.64. The number of hydrogen-bond acceptors (Lipinski definition) is 4. The van der Waals surface area contributed by atoms with Crippen molar-refractivity contribution in [3.8, 4) is 0 Å². The molecule has 196 valence electrons. The summed E-state index contributed by atoms with van der Waals surface area (Å²) in [6, 6.07) is 20.6. The summed E-state index contributed by atoms with van der Waals surface area (Å²) in [4.78, 5) is 30.4. The van der Waals surface area contributed by atoms with Crippen LogP contribution in [-0.4, -0.2) is 53.8 Å². The second kappa shape index (κ2) is 10.2. The maximum absolute atomic E-state index is 13.8. The molecule has 4 unspecified atom stereocenters. The van der Waals surface area contributed by atoms with Gasteiger partial charge in [0.15, 0.2) is 0 Å². The van der Waals surface area contributed by atoms with Gasteiger partial charge in [0.05, 0.1) is 12.1 Å². The number of carbonyl (C=O) groups excluding carboxylic acids is 2. The van der Waals surface area contributed by atoms with E-state index in [1.807, 2.05) is 73.8 Å². The van der Waals surface area contributed by atoms with Gasteiger partial charge in [-0.2, -0.15) is 0 Å². The summed E-state index contributed by atoms with van der Waals surface area (Å²) in [6.45, 7) is 3.27. The minimum atomic E-state index is -0.752. The van der Waals surface area contributed by atoms with Crippen molar-refractivity contribution >= 4 is 33.5 Å². The zero-order valence-electron chi connectivity index (χ0n) is 21.5. The zero-order chi connectivity index (χ0) is 26.1. The molecule has 1 spiro atoms. The van der Waals surface area contributed by atoms with Crippen LogP contribution in [0.2, 0.25) is 0 Å². The zero-order valence-corrected chi connectivity index (χ0v) is 21.5. The molecule has 7 heteroatoms. The van der Waals surface area contributed by atoms with Crippen LogP contribution in [0.4, 0.5) is 0 Å². The Labute approximate surface area is 221 Å². The van der Waals surface area contributed by atoms with Crippen molar-refractivity contribution in [3.05, 3.63) is 84.1 Å². The highest BCUT2D eigenvalue weighted by atomic mass is 16.6. The Bertz CT molecular complexity index is 1470. The second-order valence-corrected chi connectivity index (χ2v) is 10.3. The number of aromatic amines is 1. The number of carbonyl (C=O) groups is 2. The lowest BCUT2D eigenvalue weighted by atomic mass is 9.69. The molecule has 1 saturated carbocycles. The van der Waals surface area contributed by atoms with Crippen LogP contribution in [0.3, 0.4) is 0 Å². The Hall–Kier alpha value is -3.68. The summed E-state index contributed by atoms with van der Waals surface area (Å²) >= 11 is 0. The first-order valence-electron chi connectivity index (χ1n) is 13.5. The van der Waals surface area contributed by atoms with Crippen molar-refractivity contribution in [1.82, 2.24) is 15.6 Å². The molecule has 0 bridgehead atoms. The van der Waals surface area contributed by atoms with Crippen molar-refractivity contribution in [2.75, 3.05) is 13.2 Å². The number of benzene rings is 3. The maximum Gasteiger partial charge on any atom is 0.251 e. The molecule has 1 aromatic heterocycles. The summed E-state index contributed by atoms with van der Waals surface area (Å²) in [5, 5.41) is 9.33. The highest BCUT2D eigenvalue weighted by Gasteiger charge is 2.59. The fourth-order valence-corrected chi connectivity index (χ4v) is 6.05. The van der Waals surface area contributed by atoms with Crippen molar-refractivity contribution in [2.45, 2.75) is 56.4 Å². The number of H-pyrrole nitrogens is 1. The molecule has 0 radical (unpaired) electrons. The Morgan fingerprint density at radius 1 is 1.11 bits per heavy atom. The molecule has 7 nitrogen and oxygen atoms in total. The first-order chi connectivity index (χ1) is 18.6. The number of rotatable bonds is 8. The Balaban J connectivity index is 1.25. The standard InChI is InChI=1S/C31H33N3O4/c1-2-37-28-18-27(31(28)14-7-15-38-31)34-30(36)26(17-23-19-32-25-11-6-5-10-24(23)25)33-29(35)22-13-12-20-8-3-4-9-21(20)16-22/h3-6,8-13,16,19,26-28,32H,2,7,14-15,17-18H2,1H3,(H,33,35)(H,34,36). The molecule has 4 atom stereocenters. The van der Waals surface area contributed by atoms with Gasteiger partial charge in [-0.25, -0.2) is 0 Å². The van der Waals surface area contributed by atoms with Crippen LogP contribution in [0, 0.1) is 0 Å². The summed E-state index contributed by atoms with van der Waals surface area (Å²) in [7, 11) is 0. The van der Waals surface area contributed by atoms with E-state index in [0.29, 0.717) is 31.6 Å². The summed E-state index contributed by atoms with van der Waals surface area (Å²) < 4.78 is 12.1. The van der Waals surface area contributed by atoms with Gasteiger partial charge in [0, 0.05) is 42.3 Å². The highest BCUT2D eigenvalue weighted by molar-refractivity contribution is 6.01. The number of para-hydroxylation sites is 1. The predicted octanol–water partition coefficient (Wildman–Crippen LogP) is 4.51. The van der Waals surface area contributed by atoms with Gasteiger partial charge in [-0.15, -0.1) is 0 Å². The topological polar surface area (TPSA) is 92.5 Å². The molecule has 1 saturated heterocycles. The van der Waals surface area contributed by atoms with Crippen LogP contribution in [0.1, 0.15) is 42.1 Å². The largest absolute Gasteiger partial charge is 0.375 e. The monoisotopic (exact) mass is 511 g/mol. The van der Waals surface area contributed by atoms with E-state index in [2.05, 4.69) is 15.6 Å². The van der Waals surface area contributed by atoms with E-state index in [4.69, 9.17) is 9.47 Å². The van der Waals surface area contributed by atoms with E-state index in [1.54, 1.807) is 6.07 Å². The van der Waals surface area contributed by atoms with E-state index in [0.717, 1.165) is 40.1 Å². The molecule has 3 aromatic carbocycles. The molecular weight excluding hydrogens is 478 g/mol. The minimum absolute atomic E-state index is 0.0143. The van der Waals surface area contributed by atoms with Crippen LogP contribution in [-0.2, 0) is 20.7 Å². The molecule has 2 fully saturated rings. The van der Waals surface area contributed by atoms with Crippen LogP contribution in [0.25, 0.3) is 21.7 Å². The average molecular weight is 512 g/mol. The quantitative estimate of drug-likeness (QED) is 0.325. The van der Waals surface area contributed by atoms with Crippen molar-refractivity contribution < 1.29 is 19.1 Å². The van der Waals surface area contributed by atoms with Gasteiger partial charge in [0.1, 0.15) is 11.6 Å². The first kappa shape index (κ1) is 24.6. The number of hydrogen-bond donors (Lipinski definition) is 3. The van der Waals surface area contributed by atoms with Crippen molar-refractivity contribution in [3.63, 3.8) is 0 Å². The van der Waals surface area contributed by atoms with Gasteiger partial charge in [0.25, 0.3) is 5.91 Å². The fraction of sp³-hybridized carbons (Fsp3) is 0.355. The van der Waals surface area contributed by atoms with Crippen molar-refractivity contribution in [2.24, 2.45) is 0 Å². The molecule has 6 rings (SSSR count). The number of nitrogens with one attached hydrogen (secondary N) is 3. The van der Waals surface area contributed by atoms with Gasteiger partial charge in [-0.05, 0) is 60.7 Å². The van der Waals surface area contributed by atoms with Gasteiger partial charge >= 0.3 is 0 Å². The molecule has 2 heterocycles. The minimum Gasteiger partial charge on any atom is -0.375 e. The lowest BCUT2D eigenvalue weighted by Crippen LogP contribution is -2.71. The van der Waals surface area contributed by atoms with Crippen LogP contribution < -0.4 is 10.6 Å². The predicted molar refractivity (Wildman–Crippen MR) is 147 cm³/mol. The van der Waals surface area contributed by atoms with E-state index in [-0.39, 0.29) is 24.0 Å². The first-order valence-corrected chi connectivity index (χ1v) is 13.5. The number of fused-ring (bicyclic) bond motifs is 2. The third-order valence-electron chi connectivity index (χ3n) is 8.08. The Morgan fingerprint density at radius 2 is 1.92 bits per heavy atom. The summed E-state index contributed by atoms with van der Waals surface area (Å²) in [6.07, 6.45) is 4.79. The van der Waals surface area contributed by atoms with Gasteiger partial charge in [-0.3, -0.25) is 9.59 Å². The fourth-order valence-electron chi connectivity index (χ4n) is 6.05. The lowest BCUT2D eigenvalue weighted by Gasteiger charge is -2.52. The third-order valence-corrected chi connectivity index (χ3v) is 8.08. The van der Waals surface area contributed by atoms with Crippen molar-refractivity contribution in [1.29, 1.82) is 0 Å². The molecule has 3 N–H and O–H groups in total. The number of amides is 2. The van der Waals surface area contributed by atoms with E-state index >= 15 is 0 Å². The maximum atomic E-state index is 13.8. The Morgan fingerprint density at radius 3 is 2.74 bits per heavy atom. The SMILES string of the molecule is CCOC1CC(NC(=O)C(Cc2c[nH]c3ccccc23)NC(=O)c2ccc3ccccc3c2)C12CCCO2. The van der Waals surface area contributed by atoms with E-state index in [9.17, 15) is 9.59 Å². The molecule has 38 heavy (non-hydrogen) atoms. The smallest absolute Gasteiger partial charge is 0.251 e. The van der Waals surface area contributed by atoms with Gasteiger partial charge in [0.2, 0.25) is 5.91 Å². The van der Waals surface area contributed by atoms with Crippen LogP contribution in [0.5, 0.6) is 0 Å². The van der Waals surface area contributed by atoms with Gasteiger partial charge in [-0.1, -0.05) is 48.5 Å². The van der Waals surface area contributed by atoms with E-state index in [1.165, 1.54) is 0 Å². The molecule has 1 aliphatic heterocycles. The lowest BCUT2D eigenvalue weighted by molar-refractivity contribution is -0.198. The van der Waals surface area contributed by atoms with Crippen LogP contribution in [0.15, 0.2) is 72.9 Å².